The Morgan fingerprint density at radius 1 is 1.00 bits per heavy atom. The van der Waals surface area contributed by atoms with Crippen molar-refractivity contribution in [1.82, 2.24) is 0 Å². The van der Waals surface area contributed by atoms with E-state index >= 15 is 0 Å². The van der Waals surface area contributed by atoms with Gasteiger partial charge in [-0.2, -0.15) is 0 Å². The van der Waals surface area contributed by atoms with Crippen molar-refractivity contribution in [1.29, 1.82) is 0 Å². The Labute approximate surface area is 175 Å². The summed E-state index contributed by atoms with van der Waals surface area (Å²) in [6.07, 6.45) is 0. The van der Waals surface area contributed by atoms with Crippen LogP contribution in [0.2, 0.25) is 0 Å². The van der Waals surface area contributed by atoms with Gasteiger partial charge in [-0.1, -0.05) is 36.4 Å². The Morgan fingerprint density at radius 3 is 2.47 bits per heavy atom. The summed E-state index contributed by atoms with van der Waals surface area (Å²) in [7, 11) is 0. The van der Waals surface area contributed by atoms with Crippen LogP contribution < -0.4 is 14.8 Å². The lowest BCUT2D eigenvalue weighted by Crippen LogP contribution is -2.08. The molecule has 0 saturated carbocycles. The summed E-state index contributed by atoms with van der Waals surface area (Å²) in [5.41, 5.74) is 2.89. The minimum atomic E-state index is -0.969. The normalized spacial score (nSPS) is 10.5. The number of anilines is 1. The third-order valence-electron chi connectivity index (χ3n) is 4.72. The molecule has 0 bridgehead atoms. The van der Waals surface area contributed by atoms with Gasteiger partial charge in [0.05, 0.1) is 12.2 Å². The molecule has 0 spiro atoms. The van der Waals surface area contributed by atoms with Crippen LogP contribution in [0.5, 0.6) is 11.5 Å². The number of aromatic carboxylic acids is 1. The standard InChI is InChI=1S/C24H24FNO4/c1-3-29-22-13-6-9-17(23(22)30-15-18-8-4-5-11-20(18)25)14-26-21-12-7-10-19(16(21)2)24(27)28/h4-13,26H,3,14-15H2,1-2H3,(H,27,28). The van der Waals surface area contributed by atoms with Crippen molar-refractivity contribution in [2.75, 3.05) is 11.9 Å². The van der Waals surface area contributed by atoms with Crippen LogP contribution in [-0.2, 0) is 13.2 Å². The van der Waals surface area contributed by atoms with Crippen LogP contribution in [0.1, 0.15) is 34.0 Å². The molecule has 156 valence electrons. The van der Waals surface area contributed by atoms with Gasteiger partial charge in [-0.3, -0.25) is 0 Å². The van der Waals surface area contributed by atoms with Gasteiger partial charge >= 0.3 is 5.97 Å². The van der Waals surface area contributed by atoms with E-state index in [1.54, 1.807) is 43.3 Å². The van der Waals surface area contributed by atoms with Crippen molar-refractivity contribution in [3.05, 3.63) is 88.7 Å². The van der Waals surface area contributed by atoms with E-state index in [1.165, 1.54) is 6.07 Å². The molecule has 5 nitrogen and oxygen atoms in total. The fraction of sp³-hybridized carbons (Fsp3) is 0.208. The monoisotopic (exact) mass is 409 g/mol. The van der Waals surface area contributed by atoms with E-state index in [4.69, 9.17) is 9.47 Å². The van der Waals surface area contributed by atoms with E-state index in [0.717, 1.165) is 11.3 Å². The second-order valence-electron chi connectivity index (χ2n) is 6.69. The van der Waals surface area contributed by atoms with Gasteiger partial charge in [0.1, 0.15) is 12.4 Å². The summed E-state index contributed by atoms with van der Waals surface area (Å²) in [6.45, 7) is 4.56. The number of para-hydroxylation sites is 1. The van der Waals surface area contributed by atoms with E-state index in [-0.39, 0.29) is 18.0 Å². The van der Waals surface area contributed by atoms with Crippen molar-refractivity contribution in [3.8, 4) is 11.5 Å². The lowest BCUT2D eigenvalue weighted by molar-refractivity contribution is 0.0696. The van der Waals surface area contributed by atoms with E-state index < -0.39 is 5.97 Å². The summed E-state index contributed by atoms with van der Waals surface area (Å²) in [5, 5.41) is 12.6. The average Bonchev–Trinajstić information content (AvgIpc) is 2.73. The summed E-state index contributed by atoms with van der Waals surface area (Å²) in [6, 6.07) is 17.1. The van der Waals surface area contributed by atoms with Crippen LogP contribution in [0, 0.1) is 12.7 Å². The van der Waals surface area contributed by atoms with Gasteiger partial charge in [-0.25, -0.2) is 9.18 Å². The molecular formula is C24H24FNO4. The van der Waals surface area contributed by atoms with Crippen LogP contribution in [-0.4, -0.2) is 17.7 Å². The van der Waals surface area contributed by atoms with Crippen LogP contribution in [0.15, 0.2) is 60.7 Å². The predicted octanol–water partition coefficient (Wildman–Crippen LogP) is 5.42. The zero-order valence-corrected chi connectivity index (χ0v) is 16.9. The number of nitrogens with one attached hydrogen (secondary N) is 1. The second kappa shape index (κ2) is 9.78. The first-order chi connectivity index (χ1) is 14.5. The molecule has 0 aliphatic heterocycles. The Kier molecular flexibility index (Phi) is 6.91. The molecule has 6 heteroatoms. The Morgan fingerprint density at radius 2 is 1.73 bits per heavy atom. The number of hydrogen-bond donors (Lipinski definition) is 2. The largest absolute Gasteiger partial charge is 0.490 e. The SMILES string of the molecule is CCOc1cccc(CNc2cccc(C(=O)O)c2C)c1OCc1ccccc1F. The van der Waals surface area contributed by atoms with Gasteiger partial charge in [0, 0.05) is 23.4 Å². The topological polar surface area (TPSA) is 67.8 Å². The highest BCUT2D eigenvalue weighted by Crippen LogP contribution is 2.33. The Balaban J connectivity index is 1.84. The van der Waals surface area contributed by atoms with E-state index in [0.29, 0.717) is 35.8 Å². The van der Waals surface area contributed by atoms with Crippen molar-refractivity contribution in [2.45, 2.75) is 27.0 Å². The molecule has 30 heavy (non-hydrogen) atoms. The average molecular weight is 409 g/mol. The van der Waals surface area contributed by atoms with Gasteiger partial charge in [-0.15, -0.1) is 0 Å². The summed E-state index contributed by atoms with van der Waals surface area (Å²) in [4.78, 5) is 11.4. The highest BCUT2D eigenvalue weighted by molar-refractivity contribution is 5.91. The van der Waals surface area contributed by atoms with E-state index in [9.17, 15) is 14.3 Å². The molecule has 0 radical (unpaired) electrons. The number of halogens is 1. The van der Waals surface area contributed by atoms with Crippen molar-refractivity contribution in [3.63, 3.8) is 0 Å². The molecule has 0 aliphatic carbocycles. The van der Waals surface area contributed by atoms with Gasteiger partial charge in [0.25, 0.3) is 0 Å². The van der Waals surface area contributed by atoms with Gasteiger partial charge < -0.3 is 19.9 Å². The lowest BCUT2D eigenvalue weighted by atomic mass is 10.1. The summed E-state index contributed by atoms with van der Waals surface area (Å²) >= 11 is 0. The predicted molar refractivity (Wildman–Crippen MR) is 114 cm³/mol. The van der Waals surface area contributed by atoms with Gasteiger partial charge in [0.2, 0.25) is 0 Å². The number of carboxylic acids is 1. The molecule has 0 fully saturated rings. The van der Waals surface area contributed by atoms with Crippen molar-refractivity contribution < 1.29 is 23.8 Å². The highest BCUT2D eigenvalue weighted by Gasteiger charge is 2.14. The first-order valence-electron chi connectivity index (χ1n) is 9.69. The first kappa shape index (κ1) is 21.2. The van der Waals surface area contributed by atoms with Crippen LogP contribution >= 0.6 is 0 Å². The number of ether oxygens (including phenoxy) is 2. The third kappa shape index (κ3) is 4.89. The maximum atomic E-state index is 14.0. The smallest absolute Gasteiger partial charge is 0.336 e. The fourth-order valence-corrected chi connectivity index (χ4v) is 3.15. The number of carbonyl (C=O) groups is 1. The maximum absolute atomic E-state index is 14.0. The van der Waals surface area contributed by atoms with Gasteiger partial charge in [-0.05, 0) is 43.7 Å². The molecule has 3 aromatic rings. The van der Waals surface area contributed by atoms with Crippen molar-refractivity contribution in [2.24, 2.45) is 0 Å². The summed E-state index contributed by atoms with van der Waals surface area (Å²) < 4.78 is 25.7. The number of benzene rings is 3. The van der Waals surface area contributed by atoms with Crippen LogP contribution in [0.3, 0.4) is 0 Å². The Bertz CT molecular complexity index is 1040. The van der Waals surface area contributed by atoms with E-state index in [2.05, 4.69) is 5.32 Å². The third-order valence-corrected chi connectivity index (χ3v) is 4.72. The minimum absolute atomic E-state index is 0.0668. The lowest BCUT2D eigenvalue weighted by Gasteiger charge is -2.18. The molecule has 0 aromatic heterocycles. The molecule has 0 aliphatic rings. The van der Waals surface area contributed by atoms with Crippen LogP contribution in [0.4, 0.5) is 10.1 Å². The molecule has 2 N–H and O–H groups in total. The van der Waals surface area contributed by atoms with Gasteiger partial charge in [0.15, 0.2) is 11.5 Å². The number of rotatable bonds is 9. The molecule has 0 heterocycles. The fourth-order valence-electron chi connectivity index (χ4n) is 3.15. The molecule has 0 unspecified atom stereocenters. The molecular weight excluding hydrogens is 385 g/mol. The first-order valence-corrected chi connectivity index (χ1v) is 9.69. The van der Waals surface area contributed by atoms with Crippen LogP contribution in [0.25, 0.3) is 0 Å². The molecule has 0 saturated heterocycles. The molecule has 3 rings (SSSR count). The van der Waals surface area contributed by atoms with Crippen molar-refractivity contribution >= 4 is 11.7 Å². The maximum Gasteiger partial charge on any atom is 0.336 e. The second-order valence-corrected chi connectivity index (χ2v) is 6.69. The molecule has 0 amide bonds. The van der Waals surface area contributed by atoms with E-state index in [1.807, 2.05) is 25.1 Å². The summed E-state index contributed by atoms with van der Waals surface area (Å²) in [5.74, 6) is -0.193. The Hall–Kier alpha value is -3.54. The molecule has 3 aromatic carbocycles. The molecule has 0 atom stereocenters. The highest BCUT2D eigenvalue weighted by atomic mass is 19.1. The minimum Gasteiger partial charge on any atom is -0.490 e. The number of hydrogen-bond acceptors (Lipinski definition) is 4. The number of carboxylic acid groups (broad SMARTS) is 1. The zero-order valence-electron chi connectivity index (χ0n) is 16.9. The quantitative estimate of drug-likeness (QED) is 0.494. The zero-order chi connectivity index (χ0) is 21.5.